The fraction of sp³-hybridized carbons (Fsp3) is 0.857. The first-order chi connectivity index (χ1) is 8.79. The topological polar surface area (TPSA) is 61.8 Å². The van der Waals surface area contributed by atoms with Crippen LogP contribution >= 0.6 is 0 Å². The van der Waals surface area contributed by atoms with Gasteiger partial charge in [0.1, 0.15) is 5.60 Å². The Balaban J connectivity index is 2.37. The summed E-state index contributed by atoms with van der Waals surface area (Å²) in [5.74, 6) is -0.867. The number of ether oxygens (including phenoxy) is 3. The Bertz CT molecular complexity index is 329. The molecule has 5 nitrogen and oxygen atoms in total. The maximum atomic E-state index is 11.7. The highest BCUT2D eigenvalue weighted by Gasteiger charge is 2.32. The lowest BCUT2D eigenvalue weighted by Gasteiger charge is -2.33. The molecule has 0 aromatic heterocycles. The molecule has 0 aromatic carbocycles. The van der Waals surface area contributed by atoms with E-state index in [0.29, 0.717) is 32.5 Å². The van der Waals surface area contributed by atoms with Crippen molar-refractivity contribution in [1.29, 1.82) is 0 Å². The van der Waals surface area contributed by atoms with Crippen LogP contribution in [0.1, 0.15) is 47.0 Å². The van der Waals surface area contributed by atoms with Crippen molar-refractivity contribution in [3.8, 4) is 0 Å². The lowest BCUT2D eigenvalue weighted by atomic mass is 9.91. The van der Waals surface area contributed by atoms with Crippen molar-refractivity contribution < 1.29 is 23.8 Å². The standard InChI is InChI=1S/C14H24O5/c1-5-13(2,3)12(16)18-10-11(15)19-14(4)6-8-17-9-7-14/h5-10H2,1-4H3. The van der Waals surface area contributed by atoms with E-state index in [-0.39, 0.29) is 12.6 Å². The first-order valence-electron chi connectivity index (χ1n) is 6.76. The van der Waals surface area contributed by atoms with Crippen molar-refractivity contribution in [3.63, 3.8) is 0 Å². The van der Waals surface area contributed by atoms with E-state index in [1.165, 1.54) is 0 Å². The monoisotopic (exact) mass is 272 g/mol. The van der Waals surface area contributed by atoms with Gasteiger partial charge in [0, 0.05) is 12.8 Å². The summed E-state index contributed by atoms with van der Waals surface area (Å²) in [6.45, 7) is 8.23. The highest BCUT2D eigenvalue weighted by molar-refractivity contribution is 5.79. The molecule has 1 rings (SSSR count). The Morgan fingerprint density at radius 1 is 1.26 bits per heavy atom. The number of carbonyl (C=O) groups is 2. The average Bonchev–Trinajstić information content (AvgIpc) is 2.36. The first kappa shape index (κ1) is 16.0. The van der Waals surface area contributed by atoms with Crippen LogP contribution in [-0.4, -0.2) is 37.4 Å². The summed E-state index contributed by atoms with van der Waals surface area (Å²) >= 11 is 0. The largest absolute Gasteiger partial charge is 0.457 e. The summed E-state index contributed by atoms with van der Waals surface area (Å²) in [6, 6.07) is 0. The second kappa shape index (κ2) is 6.37. The Morgan fingerprint density at radius 2 is 1.84 bits per heavy atom. The number of hydrogen-bond acceptors (Lipinski definition) is 5. The van der Waals surface area contributed by atoms with Crippen molar-refractivity contribution in [2.75, 3.05) is 19.8 Å². The van der Waals surface area contributed by atoms with Crippen molar-refractivity contribution in [2.24, 2.45) is 5.41 Å². The van der Waals surface area contributed by atoms with Crippen molar-refractivity contribution >= 4 is 11.9 Å². The molecule has 1 fully saturated rings. The van der Waals surface area contributed by atoms with E-state index in [1.807, 2.05) is 13.8 Å². The molecule has 0 radical (unpaired) electrons. The fourth-order valence-electron chi connectivity index (χ4n) is 1.67. The highest BCUT2D eigenvalue weighted by atomic mass is 16.6. The third-order valence-corrected chi connectivity index (χ3v) is 3.67. The van der Waals surface area contributed by atoms with Crippen molar-refractivity contribution in [1.82, 2.24) is 0 Å². The van der Waals surface area contributed by atoms with Crippen molar-refractivity contribution in [3.05, 3.63) is 0 Å². The van der Waals surface area contributed by atoms with E-state index in [2.05, 4.69) is 0 Å². The first-order valence-corrected chi connectivity index (χ1v) is 6.76. The van der Waals surface area contributed by atoms with Gasteiger partial charge >= 0.3 is 11.9 Å². The summed E-state index contributed by atoms with van der Waals surface area (Å²) in [5.41, 5.74) is -1.06. The summed E-state index contributed by atoms with van der Waals surface area (Å²) in [7, 11) is 0. The predicted molar refractivity (Wildman–Crippen MR) is 69.6 cm³/mol. The summed E-state index contributed by atoms with van der Waals surface area (Å²) in [6.07, 6.45) is 2.01. The molecule has 1 aliphatic rings. The number of carbonyl (C=O) groups excluding carboxylic acids is 2. The molecule has 5 heteroatoms. The smallest absolute Gasteiger partial charge is 0.344 e. The molecule has 1 aliphatic heterocycles. The normalized spacial score (nSPS) is 18.7. The molecule has 0 unspecified atom stereocenters. The molecule has 0 bridgehead atoms. The van der Waals surface area contributed by atoms with Crippen LogP contribution in [-0.2, 0) is 23.8 Å². The van der Waals surface area contributed by atoms with Gasteiger partial charge in [0.25, 0.3) is 0 Å². The minimum absolute atomic E-state index is 0.321. The number of hydrogen-bond donors (Lipinski definition) is 0. The van der Waals surface area contributed by atoms with Gasteiger partial charge in [0.05, 0.1) is 18.6 Å². The minimum Gasteiger partial charge on any atom is -0.457 e. The van der Waals surface area contributed by atoms with Gasteiger partial charge in [0.2, 0.25) is 0 Å². The summed E-state index contributed by atoms with van der Waals surface area (Å²) < 4.78 is 15.6. The van der Waals surface area contributed by atoms with Crippen LogP contribution < -0.4 is 0 Å². The van der Waals surface area contributed by atoms with E-state index < -0.39 is 17.0 Å². The number of rotatable bonds is 5. The van der Waals surface area contributed by atoms with Crippen LogP contribution in [0.4, 0.5) is 0 Å². The van der Waals surface area contributed by atoms with E-state index in [0.717, 1.165) is 0 Å². The van der Waals surface area contributed by atoms with Crippen LogP contribution in [0.25, 0.3) is 0 Å². The molecule has 0 atom stereocenters. The molecular weight excluding hydrogens is 248 g/mol. The minimum atomic E-state index is -0.567. The molecule has 1 saturated heterocycles. The third-order valence-electron chi connectivity index (χ3n) is 3.67. The molecule has 110 valence electrons. The maximum absolute atomic E-state index is 11.7. The average molecular weight is 272 g/mol. The van der Waals surface area contributed by atoms with Crippen LogP contribution in [0.2, 0.25) is 0 Å². The summed E-state index contributed by atoms with van der Waals surface area (Å²) in [4.78, 5) is 23.4. The van der Waals surface area contributed by atoms with E-state index in [1.54, 1.807) is 13.8 Å². The Kier molecular flexibility index (Phi) is 5.35. The molecule has 0 aromatic rings. The van der Waals surface area contributed by atoms with Gasteiger partial charge in [-0.05, 0) is 27.2 Å². The molecule has 1 heterocycles. The molecule has 0 amide bonds. The van der Waals surface area contributed by atoms with Gasteiger partial charge in [-0.15, -0.1) is 0 Å². The quantitative estimate of drug-likeness (QED) is 0.717. The molecule has 0 N–H and O–H groups in total. The third kappa shape index (κ3) is 4.82. The SMILES string of the molecule is CCC(C)(C)C(=O)OCC(=O)OC1(C)CCOCC1. The maximum Gasteiger partial charge on any atom is 0.344 e. The molecular formula is C14H24O5. The Hall–Kier alpha value is -1.10. The predicted octanol–water partition coefficient (Wildman–Crippen LogP) is 2.08. The van der Waals surface area contributed by atoms with Crippen LogP contribution in [0.5, 0.6) is 0 Å². The second-order valence-corrected chi connectivity index (χ2v) is 5.85. The van der Waals surface area contributed by atoms with Crippen LogP contribution in [0.3, 0.4) is 0 Å². The van der Waals surface area contributed by atoms with Gasteiger partial charge in [-0.25, -0.2) is 4.79 Å². The zero-order chi connectivity index (χ0) is 14.5. The zero-order valence-corrected chi connectivity index (χ0v) is 12.3. The highest BCUT2D eigenvalue weighted by Crippen LogP contribution is 2.25. The molecule has 0 aliphatic carbocycles. The summed E-state index contributed by atoms with van der Waals surface area (Å²) in [5, 5.41) is 0. The second-order valence-electron chi connectivity index (χ2n) is 5.85. The van der Waals surface area contributed by atoms with E-state index in [9.17, 15) is 9.59 Å². The van der Waals surface area contributed by atoms with Gasteiger partial charge in [-0.3, -0.25) is 4.79 Å². The van der Waals surface area contributed by atoms with Gasteiger partial charge < -0.3 is 14.2 Å². The lowest BCUT2D eigenvalue weighted by molar-refractivity contribution is -0.178. The Labute approximate surface area is 114 Å². The lowest BCUT2D eigenvalue weighted by Crippen LogP contribution is -2.39. The Morgan fingerprint density at radius 3 is 2.37 bits per heavy atom. The molecule has 19 heavy (non-hydrogen) atoms. The number of esters is 2. The molecule has 0 spiro atoms. The van der Waals surface area contributed by atoms with Gasteiger partial charge in [-0.2, -0.15) is 0 Å². The zero-order valence-electron chi connectivity index (χ0n) is 12.3. The van der Waals surface area contributed by atoms with Gasteiger partial charge in [-0.1, -0.05) is 6.92 Å². The van der Waals surface area contributed by atoms with E-state index >= 15 is 0 Å². The van der Waals surface area contributed by atoms with E-state index in [4.69, 9.17) is 14.2 Å². The van der Waals surface area contributed by atoms with Gasteiger partial charge in [0.15, 0.2) is 6.61 Å². The van der Waals surface area contributed by atoms with Crippen LogP contribution in [0.15, 0.2) is 0 Å². The van der Waals surface area contributed by atoms with Crippen molar-refractivity contribution in [2.45, 2.75) is 52.6 Å². The fourth-order valence-corrected chi connectivity index (χ4v) is 1.67. The molecule has 0 saturated carbocycles. The van der Waals surface area contributed by atoms with Crippen LogP contribution in [0, 0.1) is 5.41 Å².